The molecule has 0 saturated carbocycles. The van der Waals surface area contributed by atoms with E-state index in [1.54, 1.807) is 14.0 Å². The highest BCUT2D eigenvalue weighted by molar-refractivity contribution is 7.14. The molecular formula is C27H30O5S. The molecule has 0 aliphatic heterocycles. The molecule has 0 spiro atoms. The summed E-state index contributed by atoms with van der Waals surface area (Å²) in [4.78, 5) is 25.9. The van der Waals surface area contributed by atoms with Crippen LogP contribution in [-0.2, 0) is 27.5 Å². The van der Waals surface area contributed by atoms with Gasteiger partial charge in [-0.2, -0.15) is 0 Å². The first kappa shape index (κ1) is 24.7. The maximum absolute atomic E-state index is 12.4. The number of benzene rings is 2. The maximum Gasteiger partial charge on any atom is 0.309 e. The predicted molar refractivity (Wildman–Crippen MR) is 130 cm³/mol. The van der Waals surface area contributed by atoms with E-state index in [1.165, 1.54) is 18.4 Å². The minimum atomic E-state index is -0.399. The van der Waals surface area contributed by atoms with Crippen molar-refractivity contribution in [3.8, 4) is 5.75 Å². The summed E-state index contributed by atoms with van der Waals surface area (Å²) in [7, 11) is 3.05. The molecule has 33 heavy (non-hydrogen) atoms. The van der Waals surface area contributed by atoms with Gasteiger partial charge in [0.25, 0.3) is 0 Å². The minimum absolute atomic E-state index is 0.0206. The molecule has 5 nitrogen and oxygen atoms in total. The van der Waals surface area contributed by atoms with E-state index < -0.39 is 5.92 Å². The zero-order valence-electron chi connectivity index (χ0n) is 19.7. The van der Waals surface area contributed by atoms with Crippen molar-refractivity contribution < 1.29 is 23.8 Å². The molecule has 2 unspecified atom stereocenters. The van der Waals surface area contributed by atoms with E-state index in [2.05, 4.69) is 12.1 Å². The molecule has 2 atom stereocenters. The van der Waals surface area contributed by atoms with E-state index in [1.807, 2.05) is 56.3 Å². The fraction of sp³-hybridized carbons (Fsp3) is 0.333. The van der Waals surface area contributed by atoms with Gasteiger partial charge in [-0.05, 0) is 60.4 Å². The van der Waals surface area contributed by atoms with Crippen LogP contribution in [-0.4, -0.2) is 26.0 Å². The Bertz CT molecular complexity index is 1100. The van der Waals surface area contributed by atoms with E-state index in [0.717, 1.165) is 32.9 Å². The molecule has 1 heterocycles. The van der Waals surface area contributed by atoms with Crippen molar-refractivity contribution in [2.75, 3.05) is 14.2 Å². The lowest BCUT2D eigenvalue weighted by atomic mass is 9.84. The summed E-state index contributed by atoms with van der Waals surface area (Å²) in [5, 5.41) is 0. The minimum Gasteiger partial charge on any atom is -0.497 e. The summed E-state index contributed by atoms with van der Waals surface area (Å²) in [6.07, 6.45) is 0. The summed E-state index contributed by atoms with van der Waals surface area (Å²) >= 11 is 1.43. The molecule has 1 aromatic heterocycles. The van der Waals surface area contributed by atoms with Gasteiger partial charge in [0.05, 0.1) is 38.2 Å². The quantitative estimate of drug-likeness (QED) is 0.274. The van der Waals surface area contributed by atoms with Crippen molar-refractivity contribution in [2.24, 2.45) is 5.92 Å². The number of Topliss-reactive ketones (excluding diaryl/α,β-unsaturated/α-hetero) is 1. The van der Waals surface area contributed by atoms with Crippen molar-refractivity contribution in [1.29, 1.82) is 0 Å². The normalized spacial score (nSPS) is 12.8. The average Bonchev–Trinajstić information content (AvgIpc) is 3.31. The summed E-state index contributed by atoms with van der Waals surface area (Å²) < 4.78 is 16.2. The third kappa shape index (κ3) is 6.09. The molecule has 0 N–H and O–H groups in total. The zero-order chi connectivity index (χ0) is 24.0. The van der Waals surface area contributed by atoms with Gasteiger partial charge >= 0.3 is 5.97 Å². The number of aryl methyl sites for hydroxylation is 1. The molecule has 0 fully saturated rings. The second-order valence-electron chi connectivity index (χ2n) is 8.07. The second-order valence-corrected chi connectivity index (χ2v) is 9.19. The van der Waals surface area contributed by atoms with Crippen molar-refractivity contribution in [1.82, 2.24) is 0 Å². The Morgan fingerprint density at radius 1 is 0.970 bits per heavy atom. The number of ether oxygens (including phenoxy) is 3. The molecule has 2 aromatic carbocycles. The molecule has 174 valence electrons. The summed E-state index contributed by atoms with van der Waals surface area (Å²) in [5.74, 6) is -0.0572. The molecule has 0 aliphatic carbocycles. The fourth-order valence-corrected chi connectivity index (χ4v) is 4.91. The maximum atomic E-state index is 12.4. The van der Waals surface area contributed by atoms with Gasteiger partial charge in [-0.25, -0.2) is 0 Å². The first-order valence-corrected chi connectivity index (χ1v) is 11.6. The topological polar surface area (TPSA) is 61.8 Å². The number of carbonyl (C=O) groups is 2. The number of rotatable bonds is 10. The molecule has 0 aliphatic rings. The number of thiophene rings is 1. The van der Waals surface area contributed by atoms with Crippen molar-refractivity contribution in [2.45, 2.75) is 39.9 Å². The molecule has 3 aromatic rings. The standard InChI is InChI=1S/C27H30O5S/c1-17-6-9-21(14-22(17)16-32-15-20-7-10-23(30-4)11-8-20)26(18(2)27(29)31-5)25-13-12-24(33-25)19(3)28/h6-14,18,26H,15-16H2,1-5H3. The van der Waals surface area contributed by atoms with E-state index in [-0.39, 0.29) is 17.7 Å². The number of ketones is 1. The van der Waals surface area contributed by atoms with E-state index in [0.29, 0.717) is 18.1 Å². The van der Waals surface area contributed by atoms with Crippen LogP contribution >= 0.6 is 11.3 Å². The van der Waals surface area contributed by atoms with Crippen LogP contribution in [0, 0.1) is 12.8 Å². The Hall–Kier alpha value is -2.96. The highest BCUT2D eigenvalue weighted by atomic mass is 32.1. The molecule has 0 bridgehead atoms. The van der Waals surface area contributed by atoms with Crippen LogP contribution < -0.4 is 4.74 Å². The number of methoxy groups -OCH3 is 2. The molecule has 0 saturated heterocycles. The summed E-state index contributed by atoms with van der Waals surface area (Å²) in [6, 6.07) is 17.8. The zero-order valence-corrected chi connectivity index (χ0v) is 20.5. The van der Waals surface area contributed by atoms with E-state index in [9.17, 15) is 9.59 Å². The molecule has 6 heteroatoms. The van der Waals surface area contributed by atoms with Gasteiger partial charge < -0.3 is 14.2 Å². The van der Waals surface area contributed by atoms with Gasteiger partial charge in [0.15, 0.2) is 5.78 Å². The number of carbonyl (C=O) groups excluding carboxylic acids is 2. The number of hydrogen-bond donors (Lipinski definition) is 0. The average molecular weight is 467 g/mol. The highest BCUT2D eigenvalue weighted by Gasteiger charge is 2.30. The predicted octanol–water partition coefficient (Wildman–Crippen LogP) is 5.93. The summed E-state index contributed by atoms with van der Waals surface area (Å²) in [6.45, 7) is 6.41. The van der Waals surface area contributed by atoms with Gasteiger partial charge in [-0.15, -0.1) is 11.3 Å². The van der Waals surface area contributed by atoms with Crippen molar-refractivity contribution in [3.05, 3.63) is 86.6 Å². The van der Waals surface area contributed by atoms with Gasteiger partial charge in [0.2, 0.25) is 0 Å². The Kier molecular flexibility index (Phi) is 8.42. The van der Waals surface area contributed by atoms with Crippen molar-refractivity contribution in [3.63, 3.8) is 0 Å². The van der Waals surface area contributed by atoms with Crippen molar-refractivity contribution >= 4 is 23.1 Å². The van der Waals surface area contributed by atoms with Gasteiger partial charge in [0, 0.05) is 10.8 Å². The smallest absolute Gasteiger partial charge is 0.309 e. The fourth-order valence-electron chi connectivity index (χ4n) is 3.77. The Labute approximate surface area is 199 Å². The molecule has 0 radical (unpaired) electrons. The second kappa shape index (κ2) is 11.3. The van der Waals surface area contributed by atoms with Crippen LogP contribution in [0.3, 0.4) is 0 Å². The largest absolute Gasteiger partial charge is 0.497 e. The van der Waals surface area contributed by atoms with Crippen LogP contribution in [0.1, 0.15) is 56.6 Å². The molecule has 0 amide bonds. The van der Waals surface area contributed by atoms with E-state index in [4.69, 9.17) is 14.2 Å². The van der Waals surface area contributed by atoms with Gasteiger partial charge in [0.1, 0.15) is 5.75 Å². The molecular weight excluding hydrogens is 436 g/mol. The Balaban J connectivity index is 1.83. The number of esters is 1. The third-order valence-electron chi connectivity index (χ3n) is 5.77. The Morgan fingerprint density at radius 2 is 1.70 bits per heavy atom. The lowest BCUT2D eigenvalue weighted by molar-refractivity contribution is -0.145. The van der Waals surface area contributed by atoms with Crippen LogP contribution in [0.5, 0.6) is 5.75 Å². The molecule has 3 rings (SSSR count). The number of hydrogen-bond acceptors (Lipinski definition) is 6. The van der Waals surface area contributed by atoms with Gasteiger partial charge in [-0.3, -0.25) is 9.59 Å². The van der Waals surface area contributed by atoms with Crippen LogP contribution in [0.2, 0.25) is 0 Å². The lowest BCUT2D eigenvalue weighted by Gasteiger charge is -2.23. The third-order valence-corrected chi connectivity index (χ3v) is 7.04. The lowest BCUT2D eigenvalue weighted by Crippen LogP contribution is -2.21. The van der Waals surface area contributed by atoms with Crippen LogP contribution in [0.4, 0.5) is 0 Å². The first-order valence-electron chi connectivity index (χ1n) is 10.8. The highest BCUT2D eigenvalue weighted by Crippen LogP contribution is 2.38. The summed E-state index contributed by atoms with van der Waals surface area (Å²) in [5.41, 5.74) is 4.25. The van der Waals surface area contributed by atoms with Crippen LogP contribution in [0.15, 0.2) is 54.6 Å². The first-order chi connectivity index (χ1) is 15.8. The monoisotopic (exact) mass is 466 g/mol. The SMILES string of the molecule is COC(=O)C(C)C(c1ccc(C)c(COCc2ccc(OC)cc2)c1)c1ccc(C(C)=O)s1. The van der Waals surface area contributed by atoms with E-state index >= 15 is 0 Å². The van der Waals surface area contributed by atoms with Crippen LogP contribution in [0.25, 0.3) is 0 Å². The van der Waals surface area contributed by atoms with Gasteiger partial charge in [-0.1, -0.05) is 37.3 Å². The Morgan fingerprint density at radius 3 is 2.30 bits per heavy atom.